The molecule has 1 saturated heterocycles. The number of benzene rings is 2. The molecule has 0 aliphatic carbocycles. The molecule has 1 aliphatic heterocycles. The van der Waals surface area contributed by atoms with Gasteiger partial charge >= 0.3 is 12.2 Å². The van der Waals surface area contributed by atoms with Crippen LogP contribution in [0, 0.1) is 23.6 Å². The summed E-state index contributed by atoms with van der Waals surface area (Å²) in [7, 11) is -2.50. The van der Waals surface area contributed by atoms with Crippen LogP contribution in [0.15, 0.2) is 41.3 Å². The van der Waals surface area contributed by atoms with Crippen LogP contribution in [0.3, 0.4) is 0 Å². The topological polar surface area (TPSA) is 119 Å². The smallest absolute Gasteiger partial charge is 0.415 e. The standard InChI is InChI=1S/C38H51FN4O7S/c1-11-18-42-26(14-13-19-43(36(45)50-38(6,7)8)34-29(39)22-27(51(10,46)47)23-33(34)48-9)21-28-31(15-12-16-32(28)42)40-30-17-20-41(24-25(30)2)35(44)49-37(3,4)5/h12,15-16,21-23,25,30,40H,11,17-20,24H2,1-10H3. The molecule has 2 heterocycles. The molecule has 2 amide bonds. The first kappa shape index (κ1) is 39.3. The highest BCUT2D eigenvalue weighted by molar-refractivity contribution is 7.90. The van der Waals surface area contributed by atoms with Gasteiger partial charge in [-0.15, -0.1) is 0 Å². The highest BCUT2D eigenvalue weighted by Gasteiger charge is 2.32. The zero-order chi connectivity index (χ0) is 37.9. The number of aromatic nitrogens is 1. The minimum absolute atomic E-state index is 0.125. The highest BCUT2D eigenvalue weighted by Crippen LogP contribution is 2.35. The summed E-state index contributed by atoms with van der Waals surface area (Å²) in [5.41, 5.74) is 0.901. The van der Waals surface area contributed by atoms with Gasteiger partial charge in [0.1, 0.15) is 22.6 Å². The van der Waals surface area contributed by atoms with Crippen LogP contribution in [0.5, 0.6) is 5.75 Å². The summed E-state index contributed by atoms with van der Waals surface area (Å²) in [4.78, 5) is 28.6. The lowest BCUT2D eigenvalue weighted by atomic mass is 9.93. The first-order valence-corrected chi connectivity index (χ1v) is 19.0. The van der Waals surface area contributed by atoms with E-state index in [1.807, 2.05) is 45.0 Å². The number of hydrogen-bond acceptors (Lipinski definition) is 8. The van der Waals surface area contributed by atoms with Crippen molar-refractivity contribution in [2.75, 3.05) is 43.2 Å². The molecule has 278 valence electrons. The van der Waals surface area contributed by atoms with Gasteiger partial charge in [-0.3, -0.25) is 4.90 Å². The monoisotopic (exact) mass is 726 g/mol. The third kappa shape index (κ3) is 9.88. The molecule has 2 unspecified atom stereocenters. The summed E-state index contributed by atoms with van der Waals surface area (Å²) >= 11 is 0. The van der Waals surface area contributed by atoms with Crippen molar-refractivity contribution in [1.29, 1.82) is 0 Å². The van der Waals surface area contributed by atoms with Crippen molar-refractivity contribution in [3.05, 3.63) is 47.9 Å². The van der Waals surface area contributed by atoms with E-state index in [0.29, 0.717) is 25.3 Å². The Balaban J connectivity index is 1.67. The lowest BCUT2D eigenvalue weighted by Crippen LogP contribution is -2.49. The molecule has 3 aromatic rings. The van der Waals surface area contributed by atoms with Crippen molar-refractivity contribution in [3.8, 4) is 17.6 Å². The van der Waals surface area contributed by atoms with Crippen LogP contribution >= 0.6 is 0 Å². The van der Waals surface area contributed by atoms with Crippen LogP contribution in [-0.2, 0) is 25.9 Å². The first-order chi connectivity index (χ1) is 23.7. The lowest BCUT2D eigenvalue weighted by Gasteiger charge is -2.38. The summed E-state index contributed by atoms with van der Waals surface area (Å²) in [5.74, 6) is 5.28. The molecule has 0 spiro atoms. The number of piperidine rings is 1. The van der Waals surface area contributed by atoms with Gasteiger partial charge in [0.15, 0.2) is 15.7 Å². The normalized spacial score (nSPS) is 16.6. The number of anilines is 2. The molecule has 1 aromatic heterocycles. The molecule has 2 atom stereocenters. The van der Waals surface area contributed by atoms with Gasteiger partial charge in [0, 0.05) is 49.1 Å². The third-order valence-electron chi connectivity index (χ3n) is 8.28. The molecule has 11 nitrogen and oxygen atoms in total. The van der Waals surface area contributed by atoms with E-state index in [4.69, 9.17) is 14.2 Å². The Bertz CT molecular complexity index is 1930. The number of hydrogen-bond donors (Lipinski definition) is 1. The van der Waals surface area contributed by atoms with E-state index in [1.165, 1.54) is 13.2 Å². The number of halogens is 1. The van der Waals surface area contributed by atoms with Crippen LogP contribution in [0.25, 0.3) is 10.9 Å². The van der Waals surface area contributed by atoms with Crippen LogP contribution in [0.2, 0.25) is 0 Å². The number of fused-ring (bicyclic) bond motifs is 1. The van der Waals surface area contributed by atoms with Gasteiger partial charge in [0.05, 0.1) is 29.8 Å². The molecule has 4 rings (SSSR count). The maximum absolute atomic E-state index is 15.6. The van der Waals surface area contributed by atoms with Gasteiger partial charge in [-0.05, 0) is 90.5 Å². The fourth-order valence-electron chi connectivity index (χ4n) is 5.97. The number of nitrogens with one attached hydrogen (secondary N) is 1. The summed E-state index contributed by atoms with van der Waals surface area (Å²) < 4.78 is 58.7. The Kier molecular flexibility index (Phi) is 11.9. The number of ether oxygens (including phenoxy) is 3. The van der Waals surface area contributed by atoms with Crippen molar-refractivity contribution in [2.45, 2.75) is 96.9 Å². The number of carbonyl (C=O) groups is 2. The number of aryl methyl sites for hydroxylation is 1. The van der Waals surface area contributed by atoms with Crippen molar-refractivity contribution < 1.29 is 36.6 Å². The highest BCUT2D eigenvalue weighted by atomic mass is 32.2. The van der Waals surface area contributed by atoms with Crippen LogP contribution in [0.1, 0.15) is 73.9 Å². The van der Waals surface area contributed by atoms with Gasteiger partial charge in [0.2, 0.25) is 0 Å². The second-order valence-corrected chi connectivity index (χ2v) is 17.0. The van der Waals surface area contributed by atoms with E-state index < -0.39 is 32.9 Å². The SMILES string of the molecule is CCCn1c(C#CCN(C(=O)OC(C)(C)C)c2c(F)cc(S(C)(=O)=O)cc2OC)cc2c(NC3CCN(C(=O)OC(C)(C)C)CC3C)cccc21. The number of amides is 2. The van der Waals surface area contributed by atoms with E-state index in [-0.39, 0.29) is 40.9 Å². The van der Waals surface area contributed by atoms with E-state index in [2.05, 4.69) is 35.6 Å². The van der Waals surface area contributed by atoms with Gasteiger partial charge in [0.25, 0.3) is 0 Å². The van der Waals surface area contributed by atoms with E-state index in [1.54, 1.807) is 25.7 Å². The molecule has 0 bridgehead atoms. The number of nitrogens with zero attached hydrogens (tertiary/aromatic N) is 3. The average Bonchev–Trinajstić information content (AvgIpc) is 3.36. The molecular weight excluding hydrogens is 676 g/mol. The quantitative estimate of drug-likeness (QED) is 0.238. The lowest BCUT2D eigenvalue weighted by molar-refractivity contribution is 0.0164. The molecule has 1 aliphatic rings. The van der Waals surface area contributed by atoms with Crippen LogP contribution in [-0.4, -0.2) is 80.3 Å². The zero-order valence-corrected chi connectivity index (χ0v) is 32.2. The van der Waals surface area contributed by atoms with Gasteiger partial charge in [-0.25, -0.2) is 22.4 Å². The number of likely N-dealkylation sites (tertiary alicyclic amines) is 1. The number of sulfone groups is 1. The summed E-state index contributed by atoms with van der Waals surface area (Å²) in [6.45, 7) is 16.4. The molecule has 1 N–H and O–H groups in total. The number of rotatable bonds is 8. The maximum Gasteiger partial charge on any atom is 0.415 e. The van der Waals surface area contributed by atoms with Gasteiger partial charge in [-0.1, -0.05) is 25.8 Å². The van der Waals surface area contributed by atoms with Gasteiger partial charge in [-0.2, -0.15) is 0 Å². The van der Waals surface area contributed by atoms with E-state index >= 15 is 4.39 Å². The molecule has 51 heavy (non-hydrogen) atoms. The Morgan fingerprint density at radius 3 is 2.35 bits per heavy atom. The van der Waals surface area contributed by atoms with E-state index in [9.17, 15) is 18.0 Å². The maximum atomic E-state index is 15.6. The summed E-state index contributed by atoms with van der Waals surface area (Å²) in [5, 5.41) is 4.70. The fourth-order valence-corrected chi connectivity index (χ4v) is 6.61. The first-order valence-electron chi connectivity index (χ1n) is 17.2. The molecule has 2 aromatic carbocycles. The van der Waals surface area contributed by atoms with Crippen LogP contribution < -0.4 is 15.0 Å². The largest absolute Gasteiger partial charge is 0.494 e. The van der Waals surface area contributed by atoms with Gasteiger partial charge < -0.3 is 29.0 Å². The zero-order valence-electron chi connectivity index (χ0n) is 31.3. The Labute approximate surface area is 301 Å². The summed E-state index contributed by atoms with van der Waals surface area (Å²) in [6.07, 6.45) is 1.39. The number of carbonyl (C=O) groups excluding carboxylic acids is 2. The molecular formula is C38H51FN4O7S. The summed E-state index contributed by atoms with van der Waals surface area (Å²) in [6, 6.07) is 10.2. The van der Waals surface area contributed by atoms with Crippen molar-refractivity contribution in [3.63, 3.8) is 0 Å². The second-order valence-electron chi connectivity index (χ2n) is 15.0. The molecule has 13 heteroatoms. The Morgan fingerprint density at radius 1 is 1.08 bits per heavy atom. The van der Waals surface area contributed by atoms with Crippen molar-refractivity contribution >= 4 is 44.3 Å². The fraction of sp³-hybridized carbons (Fsp3) is 0.526. The second kappa shape index (κ2) is 15.4. The third-order valence-corrected chi connectivity index (χ3v) is 9.37. The van der Waals surface area contributed by atoms with Crippen molar-refractivity contribution in [1.82, 2.24) is 9.47 Å². The average molecular weight is 727 g/mol. The predicted octanol–water partition coefficient (Wildman–Crippen LogP) is 7.45. The minimum Gasteiger partial charge on any atom is -0.494 e. The predicted molar refractivity (Wildman–Crippen MR) is 198 cm³/mol. The van der Waals surface area contributed by atoms with Crippen molar-refractivity contribution in [2.24, 2.45) is 5.92 Å². The van der Waals surface area contributed by atoms with E-state index in [0.717, 1.165) is 46.7 Å². The Morgan fingerprint density at radius 2 is 1.76 bits per heavy atom. The molecule has 0 saturated carbocycles. The molecule has 1 fully saturated rings. The Hall–Kier alpha value is -4.44. The number of methoxy groups -OCH3 is 1. The minimum atomic E-state index is -3.77. The van der Waals surface area contributed by atoms with Crippen LogP contribution in [0.4, 0.5) is 25.4 Å². The molecule has 0 radical (unpaired) electrons.